The minimum absolute atomic E-state index is 0.164. The molecule has 0 radical (unpaired) electrons. The van der Waals surface area contributed by atoms with E-state index in [1.165, 1.54) is 39.9 Å². The van der Waals surface area contributed by atoms with E-state index in [0.29, 0.717) is 35.0 Å². The third-order valence-corrected chi connectivity index (χ3v) is 8.15. The molecule has 0 atom stereocenters. The van der Waals surface area contributed by atoms with Crippen molar-refractivity contribution >= 4 is 49.1 Å². The SMILES string of the molecule is CCCn1c(=NC(=O)c2ccc(S(=O)(=O)N(CC)CC)cc2)sc2cccc(Cl)c21. The van der Waals surface area contributed by atoms with Crippen LogP contribution in [0.25, 0.3) is 10.2 Å². The van der Waals surface area contributed by atoms with E-state index in [0.717, 1.165) is 16.6 Å². The van der Waals surface area contributed by atoms with Crippen LogP contribution < -0.4 is 4.80 Å². The Labute approximate surface area is 185 Å². The van der Waals surface area contributed by atoms with Gasteiger partial charge in [-0.05, 0) is 42.8 Å². The summed E-state index contributed by atoms with van der Waals surface area (Å²) in [6, 6.07) is 11.6. The molecule has 9 heteroatoms. The zero-order chi connectivity index (χ0) is 21.9. The minimum atomic E-state index is -3.56. The molecule has 0 bridgehead atoms. The molecule has 0 saturated carbocycles. The van der Waals surface area contributed by atoms with E-state index in [4.69, 9.17) is 11.6 Å². The number of amides is 1. The van der Waals surface area contributed by atoms with Gasteiger partial charge in [0.05, 0.1) is 20.1 Å². The van der Waals surface area contributed by atoms with Crippen LogP contribution in [0.1, 0.15) is 37.6 Å². The first kappa shape index (κ1) is 22.7. The normalized spacial score (nSPS) is 12.8. The first-order valence-electron chi connectivity index (χ1n) is 9.80. The third-order valence-electron chi connectivity index (χ3n) is 4.74. The van der Waals surface area contributed by atoms with Gasteiger partial charge in [0.1, 0.15) is 0 Å². The van der Waals surface area contributed by atoms with E-state index in [9.17, 15) is 13.2 Å². The van der Waals surface area contributed by atoms with Gasteiger partial charge in [-0.25, -0.2) is 8.42 Å². The van der Waals surface area contributed by atoms with Crippen LogP contribution in [0.4, 0.5) is 0 Å². The Morgan fingerprint density at radius 3 is 2.37 bits per heavy atom. The number of hydrogen-bond acceptors (Lipinski definition) is 4. The highest BCUT2D eigenvalue weighted by atomic mass is 35.5. The zero-order valence-corrected chi connectivity index (χ0v) is 19.5. The minimum Gasteiger partial charge on any atom is -0.315 e. The predicted octanol–water partition coefficient (Wildman–Crippen LogP) is 4.54. The second-order valence-corrected chi connectivity index (χ2v) is 10.0. The fraction of sp³-hybridized carbons (Fsp3) is 0.333. The molecule has 2 aromatic carbocycles. The van der Waals surface area contributed by atoms with Crippen LogP contribution >= 0.6 is 22.9 Å². The van der Waals surface area contributed by atoms with E-state index < -0.39 is 15.9 Å². The molecule has 0 unspecified atom stereocenters. The van der Waals surface area contributed by atoms with Crippen LogP contribution in [-0.4, -0.2) is 36.3 Å². The van der Waals surface area contributed by atoms with Crippen LogP contribution in [0.2, 0.25) is 5.02 Å². The molecule has 30 heavy (non-hydrogen) atoms. The van der Waals surface area contributed by atoms with Gasteiger partial charge in [-0.1, -0.05) is 49.8 Å². The van der Waals surface area contributed by atoms with Crippen molar-refractivity contribution < 1.29 is 13.2 Å². The Balaban J connectivity index is 2.00. The molecule has 1 amide bonds. The smallest absolute Gasteiger partial charge is 0.279 e. The Hall–Kier alpha value is -2.00. The quantitative estimate of drug-likeness (QED) is 0.514. The predicted molar refractivity (Wildman–Crippen MR) is 122 cm³/mol. The number of sulfonamides is 1. The number of thiazole rings is 1. The lowest BCUT2D eigenvalue weighted by molar-refractivity contribution is 0.0997. The molecule has 1 aromatic heterocycles. The third kappa shape index (κ3) is 4.37. The molecule has 0 fully saturated rings. The molecule has 6 nitrogen and oxygen atoms in total. The van der Waals surface area contributed by atoms with Crippen LogP contribution in [0.3, 0.4) is 0 Å². The summed E-state index contributed by atoms with van der Waals surface area (Å²) in [5.41, 5.74) is 1.21. The van der Waals surface area contributed by atoms with Crippen LogP contribution in [0.15, 0.2) is 52.4 Å². The van der Waals surface area contributed by atoms with Gasteiger partial charge < -0.3 is 4.57 Å². The van der Waals surface area contributed by atoms with Gasteiger partial charge in [0.15, 0.2) is 4.80 Å². The zero-order valence-electron chi connectivity index (χ0n) is 17.1. The second kappa shape index (κ2) is 9.43. The van der Waals surface area contributed by atoms with E-state index in [1.54, 1.807) is 13.8 Å². The summed E-state index contributed by atoms with van der Waals surface area (Å²) in [6.07, 6.45) is 0.871. The van der Waals surface area contributed by atoms with Crippen LogP contribution in [0.5, 0.6) is 0 Å². The molecule has 0 aliphatic carbocycles. The fourth-order valence-corrected chi connectivity index (χ4v) is 6.11. The molecule has 160 valence electrons. The lowest BCUT2D eigenvalue weighted by Crippen LogP contribution is -2.30. The average Bonchev–Trinajstić information content (AvgIpc) is 3.07. The Morgan fingerprint density at radius 1 is 1.10 bits per heavy atom. The van der Waals surface area contributed by atoms with E-state index in [2.05, 4.69) is 4.99 Å². The first-order valence-corrected chi connectivity index (χ1v) is 12.4. The molecular weight excluding hydrogens is 442 g/mol. The summed E-state index contributed by atoms with van der Waals surface area (Å²) in [6.45, 7) is 7.10. The highest BCUT2D eigenvalue weighted by molar-refractivity contribution is 7.89. The van der Waals surface area contributed by atoms with Gasteiger partial charge in [-0.3, -0.25) is 4.79 Å². The molecule has 0 aliphatic rings. The average molecular weight is 466 g/mol. The second-order valence-electron chi connectivity index (χ2n) is 6.65. The summed E-state index contributed by atoms with van der Waals surface area (Å²) in [7, 11) is -3.56. The maximum Gasteiger partial charge on any atom is 0.279 e. The number of aromatic nitrogens is 1. The van der Waals surface area contributed by atoms with Crippen molar-refractivity contribution in [2.75, 3.05) is 13.1 Å². The summed E-state index contributed by atoms with van der Waals surface area (Å²) < 4.78 is 29.5. The maximum atomic E-state index is 12.8. The molecule has 3 rings (SSSR count). The standard InChI is InChI=1S/C21H24ClN3O3S2/c1-4-14-25-19-17(22)8-7-9-18(19)29-21(25)23-20(26)15-10-12-16(13-11-15)30(27,28)24(5-2)6-3/h7-13H,4-6,14H2,1-3H3. The van der Waals surface area contributed by atoms with Crippen molar-refractivity contribution in [1.82, 2.24) is 8.87 Å². The first-order chi connectivity index (χ1) is 14.3. The fourth-order valence-electron chi connectivity index (χ4n) is 3.24. The summed E-state index contributed by atoms with van der Waals surface area (Å²) in [4.78, 5) is 17.8. The number of para-hydroxylation sites is 1. The maximum absolute atomic E-state index is 12.8. The Morgan fingerprint density at radius 2 is 1.77 bits per heavy atom. The van der Waals surface area contributed by atoms with Gasteiger partial charge in [0.25, 0.3) is 5.91 Å². The largest absolute Gasteiger partial charge is 0.315 e. The van der Waals surface area contributed by atoms with Crippen molar-refractivity contribution in [1.29, 1.82) is 0 Å². The van der Waals surface area contributed by atoms with E-state index in [-0.39, 0.29) is 4.90 Å². The number of hydrogen-bond donors (Lipinski definition) is 0. The van der Waals surface area contributed by atoms with Crippen molar-refractivity contribution in [3.05, 3.63) is 57.9 Å². The number of aryl methyl sites for hydroxylation is 1. The number of benzene rings is 2. The summed E-state index contributed by atoms with van der Waals surface area (Å²) >= 11 is 7.78. The Kier molecular flexibility index (Phi) is 7.13. The van der Waals surface area contributed by atoms with Gasteiger partial charge >= 0.3 is 0 Å². The number of rotatable bonds is 7. The summed E-state index contributed by atoms with van der Waals surface area (Å²) in [5, 5.41) is 0.622. The van der Waals surface area contributed by atoms with E-state index in [1.807, 2.05) is 29.7 Å². The molecule has 0 N–H and O–H groups in total. The van der Waals surface area contributed by atoms with Crippen molar-refractivity contribution in [2.45, 2.75) is 38.6 Å². The van der Waals surface area contributed by atoms with Gasteiger partial charge in [0, 0.05) is 25.2 Å². The molecule has 3 aromatic rings. The lowest BCUT2D eigenvalue weighted by Gasteiger charge is -2.18. The Bertz CT molecular complexity index is 1220. The highest BCUT2D eigenvalue weighted by Gasteiger charge is 2.21. The van der Waals surface area contributed by atoms with Crippen LogP contribution in [-0.2, 0) is 16.6 Å². The van der Waals surface area contributed by atoms with E-state index >= 15 is 0 Å². The number of carbonyl (C=O) groups excluding carboxylic acids is 1. The molecule has 1 heterocycles. The molecule has 0 spiro atoms. The monoisotopic (exact) mass is 465 g/mol. The topological polar surface area (TPSA) is 71.7 Å². The van der Waals surface area contributed by atoms with Gasteiger partial charge in [0.2, 0.25) is 10.0 Å². The molecule has 0 saturated heterocycles. The van der Waals surface area contributed by atoms with Crippen LogP contribution in [0, 0.1) is 0 Å². The number of carbonyl (C=O) groups is 1. The number of halogens is 1. The highest BCUT2D eigenvalue weighted by Crippen LogP contribution is 2.25. The summed E-state index contributed by atoms with van der Waals surface area (Å²) in [5.74, 6) is -0.422. The number of fused-ring (bicyclic) bond motifs is 1. The van der Waals surface area contributed by atoms with Crippen molar-refractivity contribution in [2.24, 2.45) is 4.99 Å². The van der Waals surface area contributed by atoms with Crippen molar-refractivity contribution in [3.8, 4) is 0 Å². The van der Waals surface area contributed by atoms with Crippen molar-refractivity contribution in [3.63, 3.8) is 0 Å². The number of nitrogens with zero attached hydrogens (tertiary/aromatic N) is 3. The van der Waals surface area contributed by atoms with Gasteiger partial charge in [-0.2, -0.15) is 9.30 Å². The molecular formula is C21H24ClN3O3S2. The molecule has 0 aliphatic heterocycles. The lowest BCUT2D eigenvalue weighted by atomic mass is 10.2. The van der Waals surface area contributed by atoms with Gasteiger partial charge in [-0.15, -0.1) is 0 Å².